The van der Waals surface area contributed by atoms with Gasteiger partial charge in [-0.25, -0.2) is 9.78 Å². The summed E-state index contributed by atoms with van der Waals surface area (Å²) in [6, 6.07) is 8.35. The normalized spacial score (nSPS) is 13.8. The first-order valence-corrected chi connectivity index (χ1v) is 11.4. The molecule has 32 heavy (non-hydrogen) atoms. The Morgan fingerprint density at radius 3 is 2.66 bits per heavy atom. The zero-order valence-corrected chi connectivity index (χ0v) is 19.8. The van der Waals surface area contributed by atoms with Crippen LogP contribution in [0.5, 0.6) is 0 Å². The Morgan fingerprint density at radius 1 is 1.19 bits per heavy atom. The van der Waals surface area contributed by atoms with Crippen molar-refractivity contribution < 1.29 is 19.1 Å². The van der Waals surface area contributed by atoms with E-state index in [1.165, 1.54) is 5.56 Å². The van der Waals surface area contributed by atoms with Crippen molar-refractivity contribution in [2.45, 2.75) is 78.4 Å². The molecule has 7 heteroatoms. The lowest BCUT2D eigenvalue weighted by Gasteiger charge is -2.21. The van der Waals surface area contributed by atoms with Crippen LogP contribution in [0.2, 0.25) is 0 Å². The van der Waals surface area contributed by atoms with Crippen LogP contribution in [-0.2, 0) is 33.5 Å². The number of alkyl carbamates (subject to hydrolysis) is 1. The lowest BCUT2D eigenvalue weighted by molar-refractivity contribution is -0.152. The van der Waals surface area contributed by atoms with Crippen LogP contribution in [0.25, 0.3) is 5.69 Å². The number of benzene rings is 1. The number of carbonyl (C=O) groups excluding carboxylic acids is 2. The van der Waals surface area contributed by atoms with Gasteiger partial charge in [-0.2, -0.15) is 0 Å². The molecule has 1 amide bonds. The van der Waals surface area contributed by atoms with Crippen molar-refractivity contribution in [3.8, 4) is 5.69 Å². The number of nitrogens with one attached hydrogen (secondary N) is 1. The van der Waals surface area contributed by atoms with E-state index in [0.717, 1.165) is 29.9 Å². The molecule has 0 saturated carbocycles. The zero-order chi connectivity index (χ0) is 23.3. The van der Waals surface area contributed by atoms with Gasteiger partial charge in [0.2, 0.25) is 0 Å². The number of imidazole rings is 1. The van der Waals surface area contributed by atoms with Crippen molar-refractivity contribution in [2.75, 3.05) is 6.54 Å². The first kappa shape index (κ1) is 23.8. The third kappa shape index (κ3) is 6.34. The fourth-order valence-electron chi connectivity index (χ4n) is 3.98. The van der Waals surface area contributed by atoms with Gasteiger partial charge in [0.1, 0.15) is 5.60 Å². The molecule has 1 aliphatic rings. The van der Waals surface area contributed by atoms with Crippen molar-refractivity contribution in [2.24, 2.45) is 5.92 Å². The first-order valence-electron chi connectivity index (χ1n) is 11.4. The van der Waals surface area contributed by atoms with Gasteiger partial charge < -0.3 is 19.4 Å². The van der Waals surface area contributed by atoms with E-state index in [0.29, 0.717) is 25.8 Å². The molecule has 3 rings (SSSR count). The Balaban J connectivity index is 1.65. The summed E-state index contributed by atoms with van der Waals surface area (Å²) in [6.07, 6.45) is 4.89. The summed E-state index contributed by atoms with van der Waals surface area (Å²) >= 11 is 0. The molecule has 1 atom stereocenters. The van der Waals surface area contributed by atoms with Gasteiger partial charge in [0.05, 0.1) is 24.0 Å². The molecule has 1 aromatic heterocycles. The SMILES string of the molecule is CC(C)OC(=O)[C@@H](CCCNC(=O)OC(C)(C)C)Cc1ncn2c1CCc1ccccc1-2. The molecule has 0 spiro atoms. The molecule has 0 unspecified atom stereocenters. The van der Waals surface area contributed by atoms with Crippen LogP contribution < -0.4 is 5.32 Å². The minimum Gasteiger partial charge on any atom is -0.463 e. The van der Waals surface area contributed by atoms with E-state index < -0.39 is 11.7 Å². The number of hydrogen-bond acceptors (Lipinski definition) is 5. The maximum absolute atomic E-state index is 12.8. The predicted octanol–water partition coefficient (Wildman–Crippen LogP) is 4.39. The number of aryl methyl sites for hydroxylation is 1. The molecular formula is C25H35N3O4. The number of carbonyl (C=O) groups is 2. The number of aromatic nitrogens is 2. The Kier molecular flexibility index (Phi) is 7.59. The molecule has 0 radical (unpaired) electrons. The highest BCUT2D eigenvalue weighted by atomic mass is 16.6. The molecule has 0 fully saturated rings. The largest absolute Gasteiger partial charge is 0.463 e. The van der Waals surface area contributed by atoms with E-state index in [9.17, 15) is 9.59 Å². The van der Waals surface area contributed by atoms with Crippen LogP contribution >= 0.6 is 0 Å². The van der Waals surface area contributed by atoms with E-state index in [4.69, 9.17) is 9.47 Å². The Bertz CT molecular complexity index is 943. The van der Waals surface area contributed by atoms with Crippen molar-refractivity contribution >= 4 is 12.1 Å². The molecule has 174 valence electrons. The summed E-state index contributed by atoms with van der Waals surface area (Å²) in [5, 5.41) is 2.76. The maximum Gasteiger partial charge on any atom is 0.407 e. The number of nitrogens with zero attached hydrogens (tertiary/aromatic N) is 2. The number of fused-ring (bicyclic) bond motifs is 3. The van der Waals surface area contributed by atoms with Crippen LogP contribution in [0.1, 0.15) is 64.4 Å². The molecule has 1 N–H and O–H groups in total. The first-order chi connectivity index (χ1) is 15.1. The molecular weight excluding hydrogens is 406 g/mol. The highest BCUT2D eigenvalue weighted by molar-refractivity contribution is 5.73. The lowest BCUT2D eigenvalue weighted by Crippen LogP contribution is -2.33. The van der Waals surface area contributed by atoms with Gasteiger partial charge in [-0.3, -0.25) is 4.79 Å². The van der Waals surface area contributed by atoms with E-state index >= 15 is 0 Å². The second-order valence-corrected chi connectivity index (χ2v) is 9.59. The average Bonchev–Trinajstić information content (AvgIpc) is 3.11. The van der Waals surface area contributed by atoms with Gasteiger partial charge in [0.25, 0.3) is 0 Å². The Hall–Kier alpha value is -2.83. The number of hydrogen-bond donors (Lipinski definition) is 1. The van der Waals surface area contributed by atoms with E-state index in [-0.39, 0.29) is 18.0 Å². The quantitative estimate of drug-likeness (QED) is 0.485. The van der Waals surface area contributed by atoms with Crippen LogP contribution in [-0.4, -0.2) is 39.9 Å². The number of amides is 1. The van der Waals surface area contributed by atoms with Gasteiger partial charge >= 0.3 is 12.1 Å². The Labute approximate surface area is 190 Å². The minimum absolute atomic E-state index is 0.173. The van der Waals surface area contributed by atoms with Gasteiger partial charge in [-0.15, -0.1) is 0 Å². The zero-order valence-electron chi connectivity index (χ0n) is 19.8. The highest BCUT2D eigenvalue weighted by Crippen LogP contribution is 2.28. The summed E-state index contributed by atoms with van der Waals surface area (Å²) in [4.78, 5) is 29.3. The number of rotatable bonds is 8. The molecule has 2 aromatic rings. The second-order valence-electron chi connectivity index (χ2n) is 9.59. The highest BCUT2D eigenvalue weighted by Gasteiger charge is 2.26. The average molecular weight is 442 g/mol. The summed E-state index contributed by atoms with van der Waals surface area (Å²) in [7, 11) is 0. The maximum atomic E-state index is 12.8. The fourth-order valence-corrected chi connectivity index (χ4v) is 3.98. The fraction of sp³-hybridized carbons (Fsp3) is 0.560. The molecule has 0 aliphatic carbocycles. The second kappa shape index (κ2) is 10.2. The summed E-state index contributed by atoms with van der Waals surface area (Å²) in [6.45, 7) is 9.63. The van der Waals surface area contributed by atoms with E-state index in [1.54, 1.807) is 0 Å². The molecule has 0 bridgehead atoms. The number of ether oxygens (including phenoxy) is 2. The molecule has 0 saturated heterocycles. The molecule has 1 aromatic carbocycles. The smallest absolute Gasteiger partial charge is 0.407 e. The van der Waals surface area contributed by atoms with Crippen LogP contribution in [0, 0.1) is 5.92 Å². The number of para-hydroxylation sites is 1. The molecule has 7 nitrogen and oxygen atoms in total. The van der Waals surface area contributed by atoms with Crippen LogP contribution in [0.4, 0.5) is 4.79 Å². The lowest BCUT2D eigenvalue weighted by atomic mass is 9.94. The standard InChI is InChI=1S/C25H35N3O4/c1-17(2)31-23(29)19(10-8-14-26-24(30)32-25(3,4)5)15-20-22-13-12-18-9-6-7-11-21(18)28(22)16-27-20/h6-7,9,11,16-17,19H,8,10,12-15H2,1-5H3,(H,26,30)/t19-/m0/s1. The van der Waals surface area contributed by atoms with E-state index in [2.05, 4.69) is 33.1 Å². The van der Waals surface area contributed by atoms with Gasteiger partial charge in [-0.1, -0.05) is 18.2 Å². The predicted molar refractivity (Wildman–Crippen MR) is 123 cm³/mol. The third-order valence-electron chi connectivity index (χ3n) is 5.36. The third-order valence-corrected chi connectivity index (χ3v) is 5.36. The van der Waals surface area contributed by atoms with E-state index in [1.807, 2.05) is 47.0 Å². The monoisotopic (exact) mass is 441 g/mol. The van der Waals surface area contributed by atoms with Crippen molar-refractivity contribution in [3.05, 3.63) is 47.5 Å². The molecule has 2 heterocycles. The summed E-state index contributed by atoms with van der Waals surface area (Å²) < 4.78 is 12.9. The van der Waals surface area contributed by atoms with Crippen molar-refractivity contribution in [3.63, 3.8) is 0 Å². The summed E-state index contributed by atoms with van der Waals surface area (Å²) in [5.74, 6) is -0.523. The topological polar surface area (TPSA) is 82.4 Å². The Morgan fingerprint density at radius 2 is 1.94 bits per heavy atom. The van der Waals surface area contributed by atoms with Gasteiger partial charge in [-0.05, 0) is 71.9 Å². The van der Waals surface area contributed by atoms with Gasteiger partial charge in [0.15, 0.2) is 0 Å². The molecule has 1 aliphatic heterocycles. The van der Waals surface area contributed by atoms with Crippen molar-refractivity contribution in [1.29, 1.82) is 0 Å². The summed E-state index contributed by atoms with van der Waals surface area (Å²) in [5.41, 5.74) is 4.05. The van der Waals surface area contributed by atoms with Gasteiger partial charge in [0, 0.05) is 24.3 Å². The van der Waals surface area contributed by atoms with Crippen LogP contribution in [0.15, 0.2) is 30.6 Å². The number of esters is 1. The van der Waals surface area contributed by atoms with Crippen LogP contribution in [0.3, 0.4) is 0 Å². The van der Waals surface area contributed by atoms with Crippen molar-refractivity contribution in [1.82, 2.24) is 14.9 Å². The minimum atomic E-state index is -0.535.